The van der Waals surface area contributed by atoms with E-state index in [4.69, 9.17) is 0 Å². The maximum Gasteiger partial charge on any atom is 0.175 e. The van der Waals surface area contributed by atoms with Gasteiger partial charge in [-0.3, -0.25) is 0 Å². The minimum Gasteiger partial charge on any atom is -0.224 e. The molecule has 0 spiro atoms. The third kappa shape index (κ3) is 2.15. The Bertz CT molecular complexity index is 706. The summed E-state index contributed by atoms with van der Waals surface area (Å²) in [6.45, 7) is 1.62. The van der Waals surface area contributed by atoms with Crippen LogP contribution in [-0.2, 0) is 9.84 Å². The number of aryl methyl sites for hydroxylation is 1. The molecule has 0 aliphatic carbocycles. The quantitative estimate of drug-likeness (QED) is 0.786. The molecule has 2 aromatic rings. The SMILES string of the molecule is Cc1cc2cc(F)c(F)cc2cc1S(C)(=O)=O. The molecule has 0 atom stereocenters. The topological polar surface area (TPSA) is 34.1 Å². The number of hydrogen-bond donors (Lipinski definition) is 0. The highest BCUT2D eigenvalue weighted by atomic mass is 32.2. The Balaban J connectivity index is 2.86. The lowest BCUT2D eigenvalue weighted by Crippen LogP contribution is -2.00. The molecule has 0 unspecified atom stereocenters. The van der Waals surface area contributed by atoms with E-state index >= 15 is 0 Å². The van der Waals surface area contributed by atoms with Gasteiger partial charge in [0.25, 0.3) is 0 Å². The third-order valence-corrected chi connectivity index (χ3v) is 3.81. The summed E-state index contributed by atoms with van der Waals surface area (Å²) < 4.78 is 49.0. The molecular formula is C12H10F2O2S. The number of fused-ring (bicyclic) bond motifs is 1. The van der Waals surface area contributed by atoms with Crippen LogP contribution in [0.25, 0.3) is 10.8 Å². The molecule has 5 heteroatoms. The molecule has 0 N–H and O–H groups in total. The fraction of sp³-hybridized carbons (Fsp3) is 0.167. The van der Waals surface area contributed by atoms with Gasteiger partial charge in [-0.15, -0.1) is 0 Å². The summed E-state index contributed by atoms with van der Waals surface area (Å²) in [6.07, 6.45) is 1.08. The van der Waals surface area contributed by atoms with Gasteiger partial charge in [0.15, 0.2) is 21.5 Å². The molecule has 0 saturated heterocycles. The second kappa shape index (κ2) is 3.77. The lowest BCUT2D eigenvalue weighted by Gasteiger charge is -2.07. The van der Waals surface area contributed by atoms with Crippen molar-refractivity contribution in [3.05, 3.63) is 41.5 Å². The van der Waals surface area contributed by atoms with E-state index in [-0.39, 0.29) is 4.90 Å². The molecule has 0 aliphatic rings. The van der Waals surface area contributed by atoms with Crippen LogP contribution in [0.1, 0.15) is 5.56 Å². The maximum absolute atomic E-state index is 13.1. The number of rotatable bonds is 1. The van der Waals surface area contributed by atoms with E-state index in [1.165, 1.54) is 12.1 Å². The fourth-order valence-electron chi connectivity index (χ4n) is 1.79. The van der Waals surface area contributed by atoms with Crippen LogP contribution in [0.2, 0.25) is 0 Å². The van der Waals surface area contributed by atoms with Crippen molar-refractivity contribution in [2.24, 2.45) is 0 Å². The molecule has 2 aromatic carbocycles. The van der Waals surface area contributed by atoms with Crippen molar-refractivity contribution >= 4 is 20.6 Å². The molecule has 0 heterocycles. The maximum atomic E-state index is 13.1. The molecule has 0 bridgehead atoms. The first kappa shape index (κ1) is 12.0. The van der Waals surface area contributed by atoms with Crippen molar-refractivity contribution in [3.8, 4) is 0 Å². The Kier molecular flexibility index (Phi) is 2.66. The zero-order valence-electron chi connectivity index (χ0n) is 9.29. The smallest absolute Gasteiger partial charge is 0.175 e. The van der Waals surface area contributed by atoms with Crippen LogP contribution in [0.4, 0.5) is 8.78 Å². The van der Waals surface area contributed by atoms with Crippen LogP contribution in [0.5, 0.6) is 0 Å². The molecule has 2 rings (SSSR count). The molecule has 0 amide bonds. The van der Waals surface area contributed by atoms with Crippen molar-refractivity contribution in [1.82, 2.24) is 0 Å². The highest BCUT2D eigenvalue weighted by Gasteiger charge is 2.13. The van der Waals surface area contributed by atoms with Gasteiger partial charge in [-0.25, -0.2) is 17.2 Å². The summed E-state index contributed by atoms with van der Waals surface area (Å²) in [5.41, 5.74) is 0.519. The molecule has 17 heavy (non-hydrogen) atoms. The van der Waals surface area contributed by atoms with Gasteiger partial charge in [-0.05, 0) is 41.5 Å². The average Bonchev–Trinajstić information content (AvgIpc) is 2.18. The van der Waals surface area contributed by atoms with Gasteiger partial charge in [0.05, 0.1) is 4.90 Å². The zero-order valence-corrected chi connectivity index (χ0v) is 10.1. The number of halogens is 2. The molecule has 0 radical (unpaired) electrons. The van der Waals surface area contributed by atoms with E-state index in [0.717, 1.165) is 18.4 Å². The van der Waals surface area contributed by atoms with Crippen LogP contribution in [0, 0.1) is 18.6 Å². The standard InChI is InChI=1S/C12H10F2O2S/c1-7-3-8-4-10(13)11(14)5-9(8)6-12(7)17(2,15)16/h3-6H,1-2H3. The Morgan fingerprint density at radius 1 is 0.941 bits per heavy atom. The van der Waals surface area contributed by atoms with Crippen LogP contribution in [0.3, 0.4) is 0 Å². The summed E-state index contributed by atoms with van der Waals surface area (Å²) in [4.78, 5) is 0.135. The minimum atomic E-state index is -3.36. The number of benzene rings is 2. The second-order valence-electron chi connectivity index (χ2n) is 4.00. The van der Waals surface area contributed by atoms with E-state index in [0.29, 0.717) is 16.3 Å². The monoisotopic (exact) mass is 256 g/mol. The van der Waals surface area contributed by atoms with Gasteiger partial charge < -0.3 is 0 Å². The first-order chi connectivity index (χ1) is 7.79. The minimum absolute atomic E-state index is 0.135. The van der Waals surface area contributed by atoms with Crippen LogP contribution in [-0.4, -0.2) is 14.7 Å². The van der Waals surface area contributed by atoms with Gasteiger partial charge in [0.2, 0.25) is 0 Å². The van der Waals surface area contributed by atoms with Crippen LogP contribution < -0.4 is 0 Å². The Labute approximate surface area is 97.8 Å². The van der Waals surface area contributed by atoms with Crippen molar-refractivity contribution in [3.63, 3.8) is 0 Å². The van der Waals surface area contributed by atoms with Gasteiger partial charge >= 0.3 is 0 Å². The summed E-state index contributed by atoms with van der Waals surface area (Å²) in [5.74, 6) is -1.93. The Morgan fingerprint density at radius 3 is 1.88 bits per heavy atom. The Morgan fingerprint density at radius 2 is 1.41 bits per heavy atom. The van der Waals surface area contributed by atoms with E-state index in [1.807, 2.05) is 0 Å². The summed E-state index contributed by atoms with van der Waals surface area (Å²) >= 11 is 0. The second-order valence-corrected chi connectivity index (χ2v) is 5.99. The van der Waals surface area contributed by atoms with Gasteiger partial charge in [-0.2, -0.15) is 0 Å². The van der Waals surface area contributed by atoms with E-state index < -0.39 is 21.5 Å². The zero-order chi connectivity index (χ0) is 12.8. The highest BCUT2D eigenvalue weighted by molar-refractivity contribution is 7.90. The molecule has 0 fully saturated rings. The summed E-state index contributed by atoms with van der Waals surface area (Å²) in [7, 11) is -3.36. The molecular weight excluding hydrogens is 246 g/mol. The molecule has 90 valence electrons. The average molecular weight is 256 g/mol. The van der Waals surface area contributed by atoms with E-state index in [2.05, 4.69) is 0 Å². The largest absolute Gasteiger partial charge is 0.224 e. The highest BCUT2D eigenvalue weighted by Crippen LogP contribution is 2.25. The van der Waals surface area contributed by atoms with Gasteiger partial charge in [0, 0.05) is 6.26 Å². The number of sulfone groups is 1. The predicted octanol–water partition coefficient (Wildman–Crippen LogP) is 2.83. The Hall–Kier alpha value is -1.49. The van der Waals surface area contributed by atoms with Gasteiger partial charge in [-0.1, -0.05) is 6.07 Å². The predicted molar refractivity (Wildman–Crippen MR) is 61.7 cm³/mol. The van der Waals surface area contributed by atoms with Crippen molar-refractivity contribution in [2.45, 2.75) is 11.8 Å². The molecule has 0 aromatic heterocycles. The number of hydrogen-bond acceptors (Lipinski definition) is 2. The van der Waals surface area contributed by atoms with Crippen molar-refractivity contribution < 1.29 is 17.2 Å². The summed E-state index contributed by atoms with van der Waals surface area (Å²) in [5, 5.41) is 0.851. The lowest BCUT2D eigenvalue weighted by atomic mass is 10.1. The van der Waals surface area contributed by atoms with E-state index in [9.17, 15) is 17.2 Å². The first-order valence-corrected chi connectivity index (χ1v) is 6.77. The third-order valence-electron chi connectivity index (χ3n) is 2.57. The molecule has 0 saturated carbocycles. The normalized spacial score (nSPS) is 12.0. The first-order valence-electron chi connectivity index (χ1n) is 4.88. The van der Waals surface area contributed by atoms with E-state index in [1.54, 1.807) is 6.92 Å². The summed E-state index contributed by atoms with van der Waals surface area (Å²) in [6, 6.07) is 4.96. The molecule has 0 aliphatic heterocycles. The lowest BCUT2D eigenvalue weighted by molar-refractivity contribution is 0.511. The van der Waals surface area contributed by atoms with Crippen LogP contribution >= 0.6 is 0 Å². The van der Waals surface area contributed by atoms with Crippen molar-refractivity contribution in [2.75, 3.05) is 6.26 Å². The van der Waals surface area contributed by atoms with Crippen molar-refractivity contribution in [1.29, 1.82) is 0 Å². The van der Waals surface area contributed by atoms with Crippen LogP contribution in [0.15, 0.2) is 29.2 Å². The molecule has 2 nitrogen and oxygen atoms in total. The fourth-order valence-corrected chi connectivity index (χ4v) is 2.77. The van der Waals surface area contributed by atoms with Gasteiger partial charge in [0.1, 0.15) is 0 Å².